The van der Waals surface area contributed by atoms with Crippen molar-refractivity contribution in [2.24, 2.45) is 0 Å². The normalized spacial score (nSPS) is 10.9. The van der Waals surface area contributed by atoms with Gasteiger partial charge in [0.2, 0.25) is 0 Å². The average molecular weight is 504 g/mol. The molecule has 0 atom stereocenters. The summed E-state index contributed by atoms with van der Waals surface area (Å²) in [5.74, 6) is -0.619. The van der Waals surface area contributed by atoms with E-state index in [4.69, 9.17) is 0 Å². The third-order valence-corrected chi connectivity index (χ3v) is 5.51. The third-order valence-electron chi connectivity index (χ3n) is 5.51. The summed E-state index contributed by atoms with van der Waals surface area (Å²) in [6, 6.07) is 13.9. The minimum Gasteiger partial charge on any atom is -0.428 e. The second-order valence-electron chi connectivity index (χ2n) is 7.59. The van der Waals surface area contributed by atoms with Crippen LogP contribution in [0.4, 0.5) is 26.3 Å². The molecule has 9 heteroatoms. The van der Waals surface area contributed by atoms with Gasteiger partial charge in [0.15, 0.2) is 5.78 Å². The summed E-state index contributed by atoms with van der Waals surface area (Å²) in [5, 5.41) is 0. The number of ketones is 1. The summed E-state index contributed by atoms with van der Waals surface area (Å²) in [4.78, 5) is 11.9. The third kappa shape index (κ3) is 5.68. The number of rotatable bonds is 9. The molecule has 0 aromatic heterocycles. The molecule has 0 aliphatic rings. The molecule has 0 spiro atoms. The van der Waals surface area contributed by atoms with Crippen molar-refractivity contribution in [3.05, 3.63) is 132 Å². The van der Waals surface area contributed by atoms with E-state index < -0.39 is 29.6 Å². The van der Waals surface area contributed by atoms with Crippen molar-refractivity contribution in [3.63, 3.8) is 0 Å². The lowest BCUT2D eigenvalue weighted by Gasteiger charge is -2.32. The highest BCUT2D eigenvalue weighted by atomic mass is 19.3. The van der Waals surface area contributed by atoms with Crippen LogP contribution < -0.4 is 9.47 Å². The SMILES string of the molecule is C=CC(=O)c1ccc(C(C)(c2ccc(OC(F)=C(F)F)cc2)c2ccc(OC(F)=C(F)F)cc2)cc1. The molecule has 0 radical (unpaired) electrons. The smallest absolute Gasteiger partial charge is 0.344 e. The molecule has 0 N–H and O–H groups in total. The van der Waals surface area contributed by atoms with Gasteiger partial charge in [0.1, 0.15) is 11.5 Å². The lowest BCUT2D eigenvalue weighted by atomic mass is 9.71. The van der Waals surface area contributed by atoms with E-state index in [0.29, 0.717) is 22.3 Å². The Morgan fingerprint density at radius 1 is 0.667 bits per heavy atom. The predicted molar refractivity (Wildman–Crippen MR) is 121 cm³/mol. The molecule has 0 aliphatic carbocycles. The van der Waals surface area contributed by atoms with Crippen LogP contribution in [-0.2, 0) is 5.41 Å². The molecule has 3 rings (SSSR count). The summed E-state index contributed by atoms with van der Waals surface area (Å²) in [7, 11) is 0. The number of carbonyl (C=O) groups excluding carboxylic acids is 1. The van der Waals surface area contributed by atoms with Crippen molar-refractivity contribution in [2.75, 3.05) is 0 Å². The number of halogens is 6. The molecule has 0 saturated heterocycles. The number of hydrogen-bond donors (Lipinski definition) is 0. The quantitative estimate of drug-likeness (QED) is 0.0968. The van der Waals surface area contributed by atoms with Crippen LogP contribution in [-0.4, -0.2) is 5.78 Å². The molecule has 3 aromatic carbocycles. The lowest BCUT2D eigenvalue weighted by molar-refractivity contribution is 0.104. The summed E-state index contributed by atoms with van der Waals surface area (Å²) >= 11 is 0. The summed E-state index contributed by atoms with van der Waals surface area (Å²) in [6.45, 7) is 5.27. The molecule has 0 fully saturated rings. The van der Waals surface area contributed by atoms with Crippen molar-refractivity contribution in [2.45, 2.75) is 12.3 Å². The zero-order valence-electron chi connectivity index (χ0n) is 18.7. The van der Waals surface area contributed by atoms with E-state index in [1.807, 2.05) is 6.92 Å². The summed E-state index contributed by atoms with van der Waals surface area (Å²) < 4.78 is 84.8. The molecule has 0 heterocycles. The zero-order chi connectivity index (χ0) is 26.5. The molecule has 0 bridgehead atoms. The first-order chi connectivity index (χ1) is 17.1. The van der Waals surface area contributed by atoms with Crippen molar-refractivity contribution < 1.29 is 40.6 Å². The number of benzene rings is 3. The van der Waals surface area contributed by atoms with E-state index in [1.54, 1.807) is 24.3 Å². The first kappa shape index (κ1) is 26.3. The van der Waals surface area contributed by atoms with Gasteiger partial charge in [-0.1, -0.05) is 55.1 Å². The van der Waals surface area contributed by atoms with Crippen molar-refractivity contribution in [1.82, 2.24) is 0 Å². The minimum absolute atomic E-state index is 0.169. The molecular formula is C27H18F6O3. The van der Waals surface area contributed by atoms with Crippen LogP contribution in [0.5, 0.6) is 11.5 Å². The fourth-order valence-corrected chi connectivity index (χ4v) is 3.58. The van der Waals surface area contributed by atoms with Crippen LogP contribution in [0.1, 0.15) is 34.0 Å². The Bertz CT molecular complexity index is 1230. The molecule has 186 valence electrons. The van der Waals surface area contributed by atoms with Gasteiger partial charge >= 0.3 is 24.2 Å². The summed E-state index contributed by atoms with van der Waals surface area (Å²) in [5.41, 5.74) is 1.35. The highest BCUT2D eigenvalue weighted by Crippen LogP contribution is 2.40. The van der Waals surface area contributed by atoms with Gasteiger partial charge in [-0.15, -0.1) is 0 Å². The largest absolute Gasteiger partial charge is 0.428 e. The van der Waals surface area contributed by atoms with Gasteiger partial charge in [-0.25, -0.2) is 0 Å². The Morgan fingerprint density at radius 2 is 1.00 bits per heavy atom. The van der Waals surface area contributed by atoms with Gasteiger partial charge < -0.3 is 9.47 Å². The molecule has 0 aliphatic heterocycles. The molecule has 3 aromatic rings. The molecule has 3 nitrogen and oxygen atoms in total. The predicted octanol–water partition coefficient (Wildman–Crippen LogP) is 8.24. The van der Waals surface area contributed by atoms with E-state index in [1.165, 1.54) is 54.6 Å². The highest BCUT2D eigenvalue weighted by molar-refractivity contribution is 6.04. The number of carbonyl (C=O) groups is 1. The van der Waals surface area contributed by atoms with Crippen LogP contribution in [0.25, 0.3) is 0 Å². The average Bonchev–Trinajstić information content (AvgIpc) is 2.88. The standard InChI is InChI=1S/C27H18F6O3/c1-3-22(34)16-4-6-17(7-5-16)27(2,18-8-12-20(13-9-18)35-25(32)23(28)29)19-10-14-21(15-11-19)36-26(33)24(30)31/h3-15H,1H2,2H3. The maximum atomic E-state index is 13.2. The Labute approximate surface area is 202 Å². The van der Waals surface area contributed by atoms with Crippen LogP contribution in [0.2, 0.25) is 0 Å². The second-order valence-corrected chi connectivity index (χ2v) is 7.59. The van der Waals surface area contributed by atoms with E-state index >= 15 is 0 Å². The lowest BCUT2D eigenvalue weighted by Crippen LogP contribution is -2.25. The second kappa shape index (κ2) is 11.0. The minimum atomic E-state index is -2.60. The van der Waals surface area contributed by atoms with E-state index in [0.717, 1.165) is 0 Å². The molecule has 0 amide bonds. The van der Waals surface area contributed by atoms with Gasteiger partial charge in [0, 0.05) is 11.0 Å². The monoisotopic (exact) mass is 504 g/mol. The first-order valence-electron chi connectivity index (χ1n) is 10.3. The molecule has 0 unspecified atom stereocenters. The van der Waals surface area contributed by atoms with Gasteiger partial charge in [-0.2, -0.15) is 26.3 Å². The van der Waals surface area contributed by atoms with Crippen LogP contribution in [0, 0.1) is 0 Å². The first-order valence-corrected chi connectivity index (χ1v) is 10.3. The van der Waals surface area contributed by atoms with Gasteiger partial charge in [-0.05, 0) is 54.0 Å². The summed E-state index contributed by atoms with van der Waals surface area (Å²) in [6.07, 6.45) is -4.02. The van der Waals surface area contributed by atoms with Gasteiger partial charge in [0.05, 0.1) is 0 Å². The fraction of sp³-hybridized carbons (Fsp3) is 0.0741. The Balaban J connectivity index is 2.07. The van der Waals surface area contributed by atoms with E-state index in [2.05, 4.69) is 16.1 Å². The van der Waals surface area contributed by atoms with Crippen LogP contribution in [0.15, 0.2) is 110 Å². The van der Waals surface area contributed by atoms with Crippen molar-refractivity contribution in [3.8, 4) is 11.5 Å². The maximum Gasteiger partial charge on any atom is 0.344 e. The molecule has 0 saturated carbocycles. The Kier molecular flexibility index (Phi) is 8.03. The number of allylic oxidation sites excluding steroid dienone is 1. The van der Waals surface area contributed by atoms with E-state index in [-0.39, 0.29) is 17.3 Å². The zero-order valence-corrected chi connectivity index (χ0v) is 18.7. The van der Waals surface area contributed by atoms with Crippen molar-refractivity contribution >= 4 is 5.78 Å². The fourth-order valence-electron chi connectivity index (χ4n) is 3.58. The highest BCUT2D eigenvalue weighted by Gasteiger charge is 2.31. The van der Waals surface area contributed by atoms with Gasteiger partial charge in [0.25, 0.3) is 0 Å². The number of hydrogen-bond acceptors (Lipinski definition) is 3. The Morgan fingerprint density at radius 3 is 1.31 bits per heavy atom. The number of ether oxygens (including phenoxy) is 2. The Hall–Kier alpha value is -4.27. The molecular weight excluding hydrogens is 486 g/mol. The molecule has 36 heavy (non-hydrogen) atoms. The maximum absolute atomic E-state index is 13.2. The van der Waals surface area contributed by atoms with Crippen LogP contribution >= 0.6 is 0 Å². The topological polar surface area (TPSA) is 35.5 Å². The van der Waals surface area contributed by atoms with Crippen LogP contribution in [0.3, 0.4) is 0 Å². The van der Waals surface area contributed by atoms with Crippen molar-refractivity contribution in [1.29, 1.82) is 0 Å². The van der Waals surface area contributed by atoms with Gasteiger partial charge in [-0.3, -0.25) is 4.79 Å². The van der Waals surface area contributed by atoms with E-state index in [9.17, 15) is 31.1 Å².